The van der Waals surface area contributed by atoms with Crippen LogP contribution in [0.25, 0.3) is 0 Å². The van der Waals surface area contributed by atoms with Gasteiger partial charge >= 0.3 is 16.4 Å². The van der Waals surface area contributed by atoms with Gasteiger partial charge in [-0.2, -0.15) is 8.42 Å². The van der Waals surface area contributed by atoms with Crippen molar-refractivity contribution in [2.45, 2.75) is 230 Å². The van der Waals surface area contributed by atoms with E-state index in [0.29, 0.717) is 13.0 Å². The average Bonchev–Trinajstić information content (AvgIpc) is 3.29. The number of unbranched alkanes of at least 4 members (excludes halogenated alkanes) is 19. The topological polar surface area (TPSA) is 178 Å². The number of aliphatic hydroxyl groups excluding tert-OH is 3. The Morgan fingerprint density at radius 2 is 1.05 bits per heavy atom. The van der Waals surface area contributed by atoms with Gasteiger partial charge in [0, 0.05) is 13.0 Å². The van der Waals surface area contributed by atoms with E-state index in [1.165, 1.54) is 70.6 Å². The quantitative estimate of drug-likeness (QED) is 0.0197. The number of esters is 1. The Bertz CT molecular complexity index is 1420. The van der Waals surface area contributed by atoms with Gasteiger partial charge in [-0.1, -0.05) is 196 Å². The lowest BCUT2D eigenvalue weighted by Crippen LogP contribution is -2.60. The van der Waals surface area contributed by atoms with Gasteiger partial charge in [-0.3, -0.25) is 9.35 Å². The molecule has 0 aliphatic carbocycles. The Morgan fingerprint density at radius 3 is 1.53 bits per heavy atom. The summed E-state index contributed by atoms with van der Waals surface area (Å²) in [5.74, 6) is -0.414. The summed E-state index contributed by atoms with van der Waals surface area (Å²) >= 11 is 0. The molecule has 0 amide bonds. The molecular weight excluding hydrogens is 861 g/mol. The molecule has 0 spiro atoms. The van der Waals surface area contributed by atoms with E-state index in [1.807, 2.05) is 0 Å². The number of ether oxygens (including phenoxy) is 4. The fourth-order valence-electron chi connectivity index (χ4n) is 7.50. The van der Waals surface area contributed by atoms with E-state index in [-0.39, 0.29) is 19.6 Å². The van der Waals surface area contributed by atoms with E-state index in [0.717, 1.165) is 96.3 Å². The van der Waals surface area contributed by atoms with Crippen LogP contribution in [0.4, 0.5) is 0 Å². The van der Waals surface area contributed by atoms with Crippen LogP contribution in [0.3, 0.4) is 0 Å². The fourth-order valence-corrected chi connectivity index (χ4v) is 8.01. The maximum absolute atomic E-state index is 12.9. The number of aliphatic hydroxyl groups is 3. The molecule has 0 aromatic rings. The Kier molecular flexibility index (Phi) is 40.8. The minimum Gasteiger partial charge on any atom is -0.457 e. The van der Waals surface area contributed by atoms with E-state index in [1.54, 1.807) is 0 Å². The number of rotatable bonds is 44. The SMILES string of the molecule is CC/C=C\C/C=C\C/C=C\C/C=C\C/C=C\C/C=C\CCCCCCCCC(=O)OC(COCCCCCCCCCCCCCCCC)COC1OC(CO)C(O)C(OS(=O)(=O)O)C1O. The molecule has 0 saturated carbocycles. The molecule has 6 atom stereocenters. The third kappa shape index (κ3) is 36.6. The lowest BCUT2D eigenvalue weighted by atomic mass is 9.99. The molecule has 1 rings (SSSR count). The van der Waals surface area contributed by atoms with Crippen LogP contribution in [0, 0.1) is 0 Å². The maximum atomic E-state index is 12.9. The van der Waals surface area contributed by atoms with Crippen LogP contribution in [-0.2, 0) is 38.3 Å². The second kappa shape index (κ2) is 43.8. The van der Waals surface area contributed by atoms with Crippen LogP contribution in [0.15, 0.2) is 72.9 Å². The van der Waals surface area contributed by atoms with Crippen molar-refractivity contribution in [1.29, 1.82) is 0 Å². The highest BCUT2D eigenvalue weighted by Crippen LogP contribution is 2.26. The molecule has 6 unspecified atom stereocenters. The monoisotopic (exact) mass is 953 g/mol. The fraction of sp³-hybridized carbons (Fsp3) is 0.755. The van der Waals surface area contributed by atoms with Crippen LogP contribution in [0.2, 0.25) is 0 Å². The summed E-state index contributed by atoms with van der Waals surface area (Å²) in [5.41, 5.74) is 0. The zero-order valence-electron chi connectivity index (χ0n) is 41.0. The third-order valence-electron chi connectivity index (χ3n) is 11.3. The summed E-state index contributed by atoms with van der Waals surface area (Å²) in [5, 5.41) is 30.7. The van der Waals surface area contributed by atoms with Gasteiger partial charge in [-0.15, -0.1) is 0 Å². The molecule has 66 heavy (non-hydrogen) atoms. The molecule has 0 aromatic carbocycles. The summed E-state index contributed by atoms with van der Waals surface area (Å²) in [4.78, 5) is 12.9. The Labute approximate surface area is 401 Å². The summed E-state index contributed by atoms with van der Waals surface area (Å²) in [6.45, 7) is 3.87. The third-order valence-corrected chi connectivity index (χ3v) is 11.8. The summed E-state index contributed by atoms with van der Waals surface area (Å²) in [6, 6.07) is 0. The van der Waals surface area contributed by atoms with Crippen LogP contribution in [0.5, 0.6) is 0 Å². The first kappa shape index (κ1) is 61.6. The van der Waals surface area contributed by atoms with E-state index >= 15 is 0 Å². The zero-order chi connectivity index (χ0) is 48.2. The zero-order valence-corrected chi connectivity index (χ0v) is 41.8. The van der Waals surface area contributed by atoms with Gasteiger partial charge in [0.25, 0.3) is 0 Å². The second-order valence-corrected chi connectivity index (χ2v) is 18.4. The molecule has 12 nitrogen and oxygen atoms in total. The van der Waals surface area contributed by atoms with Gasteiger partial charge < -0.3 is 34.3 Å². The number of hydrogen-bond donors (Lipinski definition) is 4. The van der Waals surface area contributed by atoms with Gasteiger partial charge in [0.05, 0.1) is 19.8 Å². The normalized spacial score (nSPS) is 20.1. The first-order valence-corrected chi connectivity index (χ1v) is 27.1. The van der Waals surface area contributed by atoms with Crippen LogP contribution >= 0.6 is 0 Å². The highest BCUT2D eigenvalue weighted by Gasteiger charge is 2.48. The van der Waals surface area contributed by atoms with Gasteiger partial charge in [0.1, 0.15) is 30.5 Å². The van der Waals surface area contributed by atoms with Crippen molar-refractivity contribution < 1.29 is 56.2 Å². The first-order valence-electron chi connectivity index (χ1n) is 25.7. The molecule has 0 aromatic heterocycles. The second-order valence-electron chi connectivity index (χ2n) is 17.4. The molecule has 1 aliphatic rings. The van der Waals surface area contributed by atoms with Gasteiger partial charge in [-0.25, -0.2) is 4.18 Å². The lowest BCUT2D eigenvalue weighted by molar-refractivity contribution is -0.301. The van der Waals surface area contributed by atoms with Crippen LogP contribution in [-0.4, -0.2) is 97.5 Å². The molecule has 0 bridgehead atoms. The van der Waals surface area contributed by atoms with Crippen molar-refractivity contribution >= 4 is 16.4 Å². The van der Waals surface area contributed by atoms with Crippen molar-refractivity contribution in [3.8, 4) is 0 Å². The minimum absolute atomic E-state index is 0.0285. The smallest absolute Gasteiger partial charge is 0.397 e. The van der Waals surface area contributed by atoms with Gasteiger partial charge in [0.15, 0.2) is 6.29 Å². The Hall–Kier alpha value is -2.46. The molecule has 13 heteroatoms. The number of carbonyl (C=O) groups excluding carboxylic acids is 1. The predicted octanol–water partition coefficient (Wildman–Crippen LogP) is 11.9. The van der Waals surface area contributed by atoms with Crippen LogP contribution < -0.4 is 0 Å². The molecule has 1 heterocycles. The molecule has 1 saturated heterocycles. The molecule has 0 radical (unpaired) electrons. The largest absolute Gasteiger partial charge is 0.457 e. The number of allylic oxidation sites excluding steroid dienone is 12. The highest BCUT2D eigenvalue weighted by molar-refractivity contribution is 7.80. The summed E-state index contributed by atoms with van der Waals surface area (Å²) in [6.07, 6.45) is 47.8. The Morgan fingerprint density at radius 1 is 0.591 bits per heavy atom. The van der Waals surface area contributed by atoms with E-state index in [9.17, 15) is 33.1 Å². The minimum atomic E-state index is -5.07. The van der Waals surface area contributed by atoms with E-state index in [2.05, 4.69) is 90.9 Å². The van der Waals surface area contributed by atoms with Crippen molar-refractivity contribution in [1.82, 2.24) is 0 Å². The number of hydrogen-bond acceptors (Lipinski definition) is 11. The molecular formula is C53H92O12S. The molecule has 4 N–H and O–H groups in total. The van der Waals surface area contributed by atoms with Crippen molar-refractivity contribution in [3.05, 3.63) is 72.9 Å². The van der Waals surface area contributed by atoms with Crippen molar-refractivity contribution in [3.63, 3.8) is 0 Å². The first-order chi connectivity index (χ1) is 32.1. The highest BCUT2D eigenvalue weighted by atomic mass is 32.3. The molecule has 382 valence electrons. The maximum Gasteiger partial charge on any atom is 0.397 e. The van der Waals surface area contributed by atoms with Crippen LogP contribution in [0.1, 0.15) is 194 Å². The van der Waals surface area contributed by atoms with Gasteiger partial charge in [-0.05, 0) is 64.2 Å². The van der Waals surface area contributed by atoms with E-state index < -0.39 is 59.8 Å². The van der Waals surface area contributed by atoms with Crippen molar-refractivity contribution in [2.75, 3.05) is 26.4 Å². The standard InChI is InChI=1S/C53H92O12S/c1-3-5-7-9-11-13-15-17-19-20-21-22-23-24-25-26-27-28-29-30-32-34-36-38-40-42-49(55)63-47(45-61-43-41-39-37-35-33-31-18-16-14-12-10-8-6-4-2)46-62-53-51(57)52(65-66(58,59)60)50(56)48(44-54)64-53/h5,7,11,13,17,19,21-22,24-25,27-28,47-48,50-54,56-57H,3-4,6,8-10,12,14-16,18,20,23,26,29-46H2,1-2H3,(H,58,59,60)/b7-5-,13-11-,19-17-,22-21-,25-24-,28-27-. The number of carbonyl (C=O) groups is 1. The van der Waals surface area contributed by atoms with E-state index in [4.69, 9.17) is 18.9 Å². The molecule has 1 fully saturated rings. The van der Waals surface area contributed by atoms with Gasteiger partial charge in [0.2, 0.25) is 0 Å². The average molecular weight is 953 g/mol. The Balaban J connectivity index is 2.36. The predicted molar refractivity (Wildman–Crippen MR) is 266 cm³/mol. The summed E-state index contributed by atoms with van der Waals surface area (Å²) in [7, 11) is -5.07. The lowest BCUT2D eigenvalue weighted by Gasteiger charge is -2.41. The molecule has 1 aliphatic heterocycles. The van der Waals surface area contributed by atoms with Crippen molar-refractivity contribution in [2.24, 2.45) is 0 Å². The summed E-state index contributed by atoms with van der Waals surface area (Å²) < 4.78 is 59.2.